The second-order valence-electron chi connectivity index (χ2n) is 8.56. The highest BCUT2D eigenvalue weighted by molar-refractivity contribution is 5.95. The average molecular weight is 455 g/mol. The summed E-state index contributed by atoms with van der Waals surface area (Å²) >= 11 is 0. The van der Waals surface area contributed by atoms with Crippen LogP contribution in [0, 0.1) is 0 Å². The Labute approximate surface area is 197 Å². The topological polar surface area (TPSA) is 101 Å². The SMILES string of the molecule is NC(=O)c1ccccc1OCc1cccc(C(=O)N2CCC(c3c[nH]c4ncccc34)CC2)c1. The minimum Gasteiger partial charge on any atom is -0.488 e. The Hall–Kier alpha value is -4.13. The third-order valence-electron chi connectivity index (χ3n) is 6.43. The molecule has 5 rings (SSSR count). The van der Waals surface area contributed by atoms with E-state index in [1.165, 1.54) is 5.56 Å². The molecule has 0 bridgehead atoms. The minimum absolute atomic E-state index is 0.0263. The lowest BCUT2D eigenvalue weighted by atomic mass is 9.89. The number of primary amides is 1. The number of piperidine rings is 1. The number of hydrogen-bond acceptors (Lipinski definition) is 4. The number of para-hydroxylation sites is 1. The maximum atomic E-state index is 13.2. The smallest absolute Gasteiger partial charge is 0.253 e. The van der Waals surface area contributed by atoms with Crippen LogP contribution in [0.4, 0.5) is 0 Å². The van der Waals surface area contributed by atoms with Crippen LogP contribution in [0.1, 0.15) is 50.6 Å². The highest BCUT2D eigenvalue weighted by Crippen LogP contribution is 2.33. The molecule has 0 aliphatic carbocycles. The van der Waals surface area contributed by atoms with Crippen molar-refractivity contribution in [1.29, 1.82) is 0 Å². The van der Waals surface area contributed by atoms with Gasteiger partial charge in [0.15, 0.2) is 0 Å². The number of nitrogens with two attached hydrogens (primary N) is 1. The molecule has 1 aliphatic rings. The van der Waals surface area contributed by atoms with E-state index < -0.39 is 5.91 Å². The molecular weight excluding hydrogens is 428 g/mol. The molecule has 0 saturated carbocycles. The van der Waals surface area contributed by atoms with Gasteiger partial charge in [0.2, 0.25) is 0 Å². The summed E-state index contributed by atoms with van der Waals surface area (Å²) in [4.78, 5) is 34.3. The van der Waals surface area contributed by atoms with E-state index in [2.05, 4.69) is 22.2 Å². The highest BCUT2D eigenvalue weighted by atomic mass is 16.5. The van der Waals surface area contributed by atoms with Crippen LogP contribution < -0.4 is 10.5 Å². The van der Waals surface area contributed by atoms with E-state index in [1.807, 2.05) is 35.2 Å². The number of aromatic amines is 1. The normalized spacial score (nSPS) is 14.3. The number of ether oxygens (including phenoxy) is 1. The van der Waals surface area contributed by atoms with Crippen molar-refractivity contribution in [2.24, 2.45) is 5.73 Å². The summed E-state index contributed by atoms with van der Waals surface area (Å²) in [7, 11) is 0. The molecular formula is C27H26N4O3. The van der Waals surface area contributed by atoms with Crippen LogP contribution in [0.15, 0.2) is 73.1 Å². The van der Waals surface area contributed by atoms with Crippen molar-refractivity contribution in [2.45, 2.75) is 25.4 Å². The number of fused-ring (bicyclic) bond motifs is 1. The van der Waals surface area contributed by atoms with E-state index >= 15 is 0 Å². The number of H-pyrrole nitrogens is 1. The zero-order valence-electron chi connectivity index (χ0n) is 18.7. The van der Waals surface area contributed by atoms with Crippen LogP contribution in [0.3, 0.4) is 0 Å². The largest absolute Gasteiger partial charge is 0.488 e. The zero-order valence-corrected chi connectivity index (χ0v) is 18.7. The molecule has 3 N–H and O–H groups in total. The Morgan fingerprint density at radius 3 is 2.71 bits per heavy atom. The molecule has 1 saturated heterocycles. The molecule has 2 aromatic carbocycles. The Morgan fingerprint density at radius 1 is 1.06 bits per heavy atom. The quantitative estimate of drug-likeness (QED) is 0.454. The zero-order chi connectivity index (χ0) is 23.5. The van der Waals surface area contributed by atoms with Crippen LogP contribution in [-0.4, -0.2) is 39.8 Å². The third-order valence-corrected chi connectivity index (χ3v) is 6.43. The van der Waals surface area contributed by atoms with Gasteiger partial charge in [-0.05, 0) is 66.3 Å². The van der Waals surface area contributed by atoms with E-state index in [1.54, 1.807) is 30.5 Å². The van der Waals surface area contributed by atoms with Crippen LogP contribution in [0.5, 0.6) is 5.75 Å². The van der Waals surface area contributed by atoms with Gasteiger partial charge in [0.1, 0.15) is 18.0 Å². The Kier molecular flexibility index (Phi) is 5.99. The first-order valence-electron chi connectivity index (χ1n) is 11.4. The number of aromatic nitrogens is 2. The minimum atomic E-state index is -0.535. The summed E-state index contributed by atoms with van der Waals surface area (Å²) in [5.74, 6) is 0.332. The molecule has 0 spiro atoms. The number of carbonyl (C=O) groups excluding carboxylic acids is 2. The fraction of sp³-hybridized carbons (Fsp3) is 0.222. The van der Waals surface area contributed by atoms with Crippen molar-refractivity contribution in [1.82, 2.24) is 14.9 Å². The van der Waals surface area contributed by atoms with Crippen LogP contribution >= 0.6 is 0 Å². The maximum absolute atomic E-state index is 13.2. The lowest BCUT2D eigenvalue weighted by molar-refractivity contribution is 0.0713. The van der Waals surface area contributed by atoms with Crippen LogP contribution in [0.25, 0.3) is 11.0 Å². The number of hydrogen-bond donors (Lipinski definition) is 2. The van der Waals surface area contributed by atoms with Gasteiger partial charge in [-0.25, -0.2) is 4.98 Å². The van der Waals surface area contributed by atoms with Gasteiger partial charge in [-0.15, -0.1) is 0 Å². The van der Waals surface area contributed by atoms with Crippen LogP contribution in [-0.2, 0) is 6.61 Å². The summed E-state index contributed by atoms with van der Waals surface area (Å²) < 4.78 is 5.82. The summed E-state index contributed by atoms with van der Waals surface area (Å²) in [5, 5.41) is 1.16. The van der Waals surface area contributed by atoms with E-state index in [0.717, 1.165) is 29.4 Å². The van der Waals surface area contributed by atoms with Gasteiger partial charge < -0.3 is 20.4 Å². The van der Waals surface area contributed by atoms with Crippen molar-refractivity contribution < 1.29 is 14.3 Å². The highest BCUT2D eigenvalue weighted by Gasteiger charge is 2.26. The molecule has 3 heterocycles. The molecule has 2 aromatic heterocycles. The summed E-state index contributed by atoms with van der Waals surface area (Å²) in [5.41, 5.74) is 9.45. The summed E-state index contributed by atoms with van der Waals surface area (Å²) in [6.45, 7) is 1.66. The number of rotatable bonds is 6. The van der Waals surface area contributed by atoms with Crippen molar-refractivity contribution in [3.8, 4) is 5.75 Å². The summed E-state index contributed by atoms with van der Waals surface area (Å²) in [6, 6.07) is 18.4. The van der Waals surface area contributed by atoms with Gasteiger partial charge in [-0.2, -0.15) is 0 Å². The summed E-state index contributed by atoms with van der Waals surface area (Å²) in [6.07, 6.45) is 5.68. The van der Waals surface area contributed by atoms with Crippen molar-refractivity contribution in [3.63, 3.8) is 0 Å². The first-order chi connectivity index (χ1) is 16.6. The lowest BCUT2D eigenvalue weighted by Gasteiger charge is -2.32. The number of nitrogens with zero attached hydrogens (tertiary/aromatic N) is 2. The fourth-order valence-corrected chi connectivity index (χ4v) is 4.64. The molecule has 0 radical (unpaired) electrons. The van der Waals surface area contributed by atoms with Gasteiger partial charge in [0.05, 0.1) is 5.56 Å². The number of nitrogens with one attached hydrogen (secondary N) is 1. The maximum Gasteiger partial charge on any atom is 0.253 e. The molecule has 7 nitrogen and oxygen atoms in total. The number of carbonyl (C=O) groups is 2. The molecule has 7 heteroatoms. The van der Waals surface area contributed by atoms with Gasteiger partial charge in [0.25, 0.3) is 11.8 Å². The van der Waals surface area contributed by atoms with Crippen molar-refractivity contribution in [2.75, 3.05) is 13.1 Å². The van der Waals surface area contributed by atoms with E-state index in [0.29, 0.717) is 35.9 Å². The molecule has 4 aromatic rings. The van der Waals surface area contributed by atoms with Gasteiger partial charge in [0, 0.05) is 36.4 Å². The molecule has 1 aliphatic heterocycles. The number of amides is 2. The predicted molar refractivity (Wildman–Crippen MR) is 130 cm³/mol. The number of pyridine rings is 1. The second kappa shape index (κ2) is 9.39. The number of likely N-dealkylation sites (tertiary alicyclic amines) is 1. The van der Waals surface area contributed by atoms with Crippen molar-refractivity contribution >= 4 is 22.8 Å². The standard InChI is InChI=1S/C27H26N4O3/c28-25(32)22-7-1-2-9-24(22)34-17-18-5-3-6-20(15-18)27(33)31-13-10-19(11-14-31)23-16-30-26-21(23)8-4-12-29-26/h1-9,12,15-16,19H,10-11,13-14,17H2,(H2,28,32)(H,29,30). The monoisotopic (exact) mass is 454 g/mol. The van der Waals surface area contributed by atoms with Gasteiger partial charge in [-0.3, -0.25) is 9.59 Å². The van der Waals surface area contributed by atoms with E-state index in [4.69, 9.17) is 10.5 Å². The first kappa shape index (κ1) is 21.7. The third kappa shape index (κ3) is 4.37. The van der Waals surface area contributed by atoms with Crippen molar-refractivity contribution in [3.05, 3.63) is 95.3 Å². The fourth-order valence-electron chi connectivity index (χ4n) is 4.64. The van der Waals surface area contributed by atoms with Gasteiger partial charge >= 0.3 is 0 Å². The molecule has 0 unspecified atom stereocenters. The molecule has 2 amide bonds. The molecule has 172 valence electrons. The van der Waals surface area contributed by atoms with Crippen LogP contribution in [0.2, 0.25) is 0 Å². The average Bonchev–Trinajstić information content (AvgIpc) is 3.32. The predicted octanol–water partition coefficient (Wildman–Crippen LogP) is 4.26. The second-order valence-corrected chi connectivity index (χ2v) is 8.56. The van der Waals surface area contributed by atoms with E-state index in [9.17, 15) is 9.59 Å². The Bertz CT molecular complexity index is 1340. The van der Waals surface area contributed by atoms with E-state index in [-0.39, 0.29) is 12.5 Å². The number of benzene rings is 2. The molecule has 34 heavy (non-hydrogen) atoms. The van der Waals surface area contributed by atoms with Gasteiger partial charge in [-0.1, -0.05) is 24.3 Å². The molecule has 1 fully saturated rings. The molecule has 0 atom stereocenters. The lowest BCUT2D eigenvalue weighted by Crippen LogP contribution is -2.37. The Balaban J connectivity index is 1.23. The first-order valence-corrected chi connectivity index (χ1v) is 11.4. The Morgan fingerprint density at radius 2 is 1.88 bits per heavy atom.